The van der Waals surface area contributed by atoms with E-state index in [-0.39, 0.29) is 0 Å². The van der Waals surface area contributed by atoms with Crippen molar-refractivity contribution in [2.24, 2.45) is 4.99 Å². The fourth-order valence-corrected chi connectivity index (χ4v) is 0.623. The maximum Gasteiger partial charge on any atom is 0.102 e. The molecule has 1 aromatic heterocycles. The van der Waals surface area contributed by atoms with Gasteiger partial charge in [0.15, 0.2) is 0 Å². The predicted octanol–water partition coefficient (Wildman–Crippen LogP) is 1.28. The molecule has 0 aromatic carbocycles. The van der Waals surface area contributed by atoms with Gasteiger partial charge in [-0.05, 0) is 6.92 Å². The number of aliphatic imine (C=N–C) groups is 1. The maximum absolute atomic E-state index is 4.00. The molecule has 0 saturated heterocycles. The summed E-state index contributed by atoms with van der Waals surface area (Å²) in [5.41, 5.74) is 1.88. The van der Waals surface area contributed by atoms with Crippen LogP contribution < -0.4 is 0 Å². The van der Waals surface area contributed by atoms with Gasteiger partial charge < -0.3 is 4.98 Å². The predicted molar refractivity (Wildman–Crippen MR) is 41.1 cm³/mol. The average Bonchev–Trinajstić information content (AvgIpc) is 2.31. The normalized spacial score (nSPS) is 10.5. The van der Waals surface area contributed by atoms with Crippen molar-refractivity contribution in [1.82, 2.24) is 9.97 Å². The SMILES string of the molecule is C=CN=Cc1nc[nH]c1C. The average molecular weight is 135 g/mol. The molecule has 1 aromatic rings. The largest absolute Gasteiger partial charge is 0.348 e. The van der Waals surface area contributed by atoms with Gasteiger partial charge in [-0.1, -0.05) is 6.58 Å². The van der Waals surface area contributed by atoms with Gasteiger partial charge in [-0.15, -0.1) is 0 Å². The molecule has 1 N–H and O–H groups in total. The second kappa shape index (κ2) is 2.96. The Balaban J connectivity index is 2.83. The molecule has 10 heavy (non-hydrogen) atoms. The van der Waals surface area contributed by atoms with Crippen LogP contribution in [0.3, 0.4) is 0 Å². The van der Waals surface area contributed by atoms with Crippen LogP contribution in [-0.4, -0.2) is 16.2 Å². The lowest BCUT2D eigenvalue weighted by Gasteiger charge is -1.83. The number of aromatic amines is 1. The molecule has 3 heteroatoms. The van der Waals surface area contributed by atoms with Crippen molar-refractivity contribution in [2.45, 2.75) is 6.92 Å². The number of aromatic nitrogens is 2. The van der Waals surface area contributed by atoms with E-state index in [1.54, 1.807) is 12.5 Å². The molecule has 0 atom stereocenters. The molecule has 0 fully saturated rings. The molecule has 0 radical (unpaired) electrons. The Kier molecular flexibility index (Phi) is 1.99. The molecule has 1 heterocycles. The Morgan fingerprint density at radius 1 is 1.80 bits per heavy atom. The third kappa shape index (κ3) is 1.31. The van der Waals surface area contributed by atoms with Crippen LogP contribution in [0.15, 0.2) is 24.1 Å². The number of rotatable bonds is 2. The second-order valence-corrected chi connectivity index (χ2v) is 1.87. The van der Waals surface area contributed by atoms with Crippen molar-refractivity contribution in [3.63, 3.8) is 0 Å². The molecule has 0 aliphatic rings. The summed E-state index contributed by atoms with van der Waals surface area (Å²) in [5.74, 6) is 0. The molecule has 0 unspecified atom stereocenters. The topological polar surface area (TPSA) is 41.0 Å². The third-order valence-electron chi connectivity index (χ3n) is 1.17. The molecule has 1 rings (SSSR count). The number of hydrogen-bond acceptors (Lipinski definition) is 2. The summed E-state index contributed by atoms with van der Waals surface area (Å²) in [6.07, 6.45) is 4.78. The minimum atomic E-state index is 0.861. The van der Waals surface area contributed by atoms with E-state index in [0.29, 0.717) is 0 Å². The first kappa shape index (κ1) is 6.74. The van der Waals surface area contributed by atoms with Crippen LogP contribution in [-0.2, 0) is 0 Å². The van der Waals surface area contributed by atoms with E-state index in [1.807, 2.05) is 6.92 Å². The van der Waals surface area contributed by atoms with E-state index in [2.05, 4.69) is 21.5 Å². The fraction of sp³-hybridized carbons (Fsp3) is 0.143. The van der Waals surface area contributed by atoms with E-state index >= 15 is 0 Å². The van der Waals surface area contributed by atoms with Crippen LogP contribution in [0.5, 0.6) is 0 Å². The standard InChI is InChI=1S/C7H9N3/c1-3-8-4-7-6(2)9-5-10-7/h3-5H,1H2,2H3,(H,9,10). The van der Waals surface area contributed by atoms with E-state index < -0.39 is 0 Å². The molecule has 0 bridgehead atoms. The van der Waals surface area contributed by atoms with Gasteiger partial charge in [0, 0.05) is 11.9 Å². The summed E-state index contributed by atoms with van der Waals surface area (Å²) in [6, 6.07) is 0. The zero-order valence-corrected chi connectivity index (χ0v) is 5.83. The Morgan fingerprint density at radius 2 is 2.60 bits per heavy atom. The van der Waals surface area contributed by atoms with Crippen LogP contribution in [0.25, 0.3) is 0 Å². The summed E-state index contributed by atoms with van der Waals surface area (Å²) >= 11 is 0. The molecule has 0 spiro atoms. The first-order valence-electron chi connectivity index (χ1n) is 2.98. The summed E-state index contributed by atoms with van der Waals surface area (Å²) in [7, 11) is 0. The van der Waals surface area contributed by atoms with Crippen molar-refractivity contribution in [2.75, 3.05) is 0 Å². The summed E-state index contributed by atoms with van der Waals surface area (Å²) in [6.45, 7) is 5.40. The molecular weight excluding hydrogens is 126 g/mol. The Bertz CT molecular complexity index is 247. The van der Waals surface area contributed by atoms with Gasteiger partial charge in [0.05, 0.1) is 12.5 Å². The minimum absolute atomic E-state index is 0.861. The van der Waals surface area contributed by atoms with Crippen LogP contribution >= 0.6 is 0 Å². The lowest BCUT2D eigenvalue weighted by atomic mass is 10.4. The zero-order valence-electron chi connectivity index (χ0n) is 5.83. The highest BCUT2D eigenvalue weighted by Gasteiger charge is 1.93. The van der Waals surface area contributed by atoms with Gasteiger partial charge in [0.2, 0.25) is 0 Å². The molecule has 0 aliphatic heterocycles. The molecule has 0 amide bonds. The van der Waals surface area contributed by atoms with Crippen molar-refractivity contribution >= 4 is 6.21 Å². The van der Waals surface area contributed by atoms with Crippen molar-refractivity contribution in [3.8, 4) is 0 Å². The molecule has 0 saturated carbocycles. The summed E-state index contributed by atoms with van der Waals surface area (Å²) in [5, 5.41) is 0. The van der Waals surface area contributed by atoms with E-state index in [9.17, 15) is 0 Å². The van der Waals surface area contributed by atoms with E-state index in [1.165, 1.54) is 6.20 Å². The number of imidazole rings is 1. The van der Waals surface area contributed by atoms with Crippen molar-refractivity contribution < 1.29 is 0 Å². The van der Waals surface area contributed by atoms with Crippen LogP contribution in [0.4, 0.5) is 0 Å². The quantitative estimate of drug-likeness (QED) is 0.610. The van der Waals surface area contributed by atoms with Gasteiger partial charge in [-0.3, -0.25) is 4.99 Å². The Morgan fingerprint density at radius 3 is 3.10 bits per heavy atom. The van der Waals surface area contributed by atoms with Crippen LogP contribution in [0.2, 0.25) is 0 Å². The smallest absolute Gasteiger partial charge is 0.102 e. The molecule has 3 nitrogen and oxygen atoms in total. The monoisotopic (exact) mass is 135 g/mol. The Labute approximate surface area is 59.5 Å². The highest BCUT2D eigenvalue weighted by atomic mass is 14.9. The van der Waals surface area contributed by atoms with Gasteiger partial charge in [-0.25, -0.2) is 4.98 Å². The first-order chi connectivity index (χ1) is 4.84. The lowest BCUT2D eigenvalue weighted by Crippen LogP contribution is -1.82. The first-order valence-corrected chi connectivity index (χ1v) is 2.98. The second-order valence-electron chi connectivity index (χ2n) is 1.87. The van der Waals surface area contributed by atoms with Crippen LogP contribution in [0.1, 0.15) is 11.4 Å². The highest BCUT2D eigenvalue weighted by Crippen LogP contribution is 1.95. The number of hydrogen-bond donors (Lipinski definition) is 1. The van der Waals surface area contributed by atoms with Gasteiger partial charge in [0.1, 0.15) is 5.69 Å². The van der Waals surface area contributed by atoms with Crippen LogP contribution in [0, 0.1) is 6.92 Å². The lowest BCUT2D eigenvalue weighted by molar-refractivity contribution is 1.25. The van der Waals surface area contributed by atoms with Gasteiger partial charge in [0.25, 0.3) is 0 Å². The Hall–Kier alpha value is -1.38. The maximum atomic E-state index is 4.00. The van der Waals surface area contributed by atoms with E-state index in [4.69, 9.17) is 0 Å². The number of nitrogens with one attached hydrogen (secondary N) is 1. The number of nitrogens with zero attached hydrogens (tertiary/aromatic N) is 2. The molecular formula is C7H9N3. The van der Waals surface area contributed by atoms with E-state index in [0.717, 1.165) is 11.4 Å². The highest BCUT2D eigenvalue weighted by molar-refractivity contribution is 5.78. The summed E-state index contributed by atoms with van der Waals surface area (Å²) in [4.78, 5) is 10.8. The summed E-state index contributed by atoms with van der Waals surface area (Å²) < 4.78 is 0. The number of aryl methyl sites for hydroxylation is 1. The van der Waals surface area contributed by atoms with Crippen molar-refractivity contribution in [3.05, 3.63) is 30.5 Å². The van der Waals surface area contributed by atoms with Gasteiger partial charge >= 0.3 is 0 Å². The molecule has 0 aliphatic carbocycles. The third-order valence-corrected chi connectivity index (χ3v) is 1.17. The molecule has 52 valence electrons. The van der Waals surface area contributed by atoms with Gasteiger partial charge in [-0.2, -0.15) is 0 Å². The van der Waals surface area contributed by atoms with Crippen molar-refractivity contribution in [1.29, 1.82) is 0 Å². The zero-order chi connectivity index (χ0) is 7.40. The fourth-order valence-electron chi connectivity index (χ4n) is 0.623. The minimum Gasteiger partial charge on any atom is -0.348 e. The number of H-pyrrole nitrogens is 1.